The molecule has 1 aromatic carbocycles. The van der Waals surface area contributed by atoms with E-state index < -0.39 is 0 Å². The maximum atomic E-state index is 5.66. The molecule has 1 fully saturated rings. The summed E-state index contributed by atoms with van der Waals surface area (Å²) in [5.41, 5.74) is 1.37. The van der Waals surface area contributed by atoms with Crippen molar-refractivity contribution < 1.29 is 4.74 Å². The normalized spacial score (nSPS) is 24.4. The third kappa shape index (κ3) is 1.65. The largest absolute Gasteiger partial charge is 0.496 e. The van der Waals surface area contributed by atoms with Crippen molar-refractivity contribution >= 4 is 21.4 Å². The van der Waals surface area contributed by atoms with Crippen LogP contribution in [0.1, 0.15) is 25.3 Å². The van der Waals surface area contributed by atoms with E-state index in [1.54, 1.807) is 18.4 Å². The van der Waals surface area contributed by atoms with E-state index in [1.165, 1.54) is 28.5 Å². The van der Waals surface area contributed by atoms with Crippen molar-refractivity contribution in [3.63, 3.8) is 0 Å². The Balaban J connectivity index is 2.21. The van der Waals surface area contributed by atoms with Gasteiger partial charge in [0.15, 0.2) is 0 Å². The summed E-state index contributed by atoms with van der Waals surface area (Å²) in [6, 6.07) is 6.58. The molecule has 2 heterocycles. The highest BCUT2D eigenvalue weighted by molar-refractivity contribution is 7.17. The quantitative estimate of drug-likeness (QED) is 0.877. The van der Waals surface area contributed by atoms with Crippen LogP contribution >= 0.6 is 11.3 Å². The van der Waals surface area contributed by atoms with Gasteiger partial charge in [-0.2, -0.15) is 0 Å². The maximum Gasteiger partial charge on any atom is 0.132 e. The average molecular weight is 247 g/mol. The Morgan fingerprint density at radius 3 is 2.94 bits per heavy atom. The lowest BCUT2D eigenvalue weighted by Crippen LogP contribution is -2.33. The van der Waals surface area contributed by atoms with Crippen LogP contribution < -0.4 is 10.1 Å². The van der Waals surface area contributed by atoms with E-state index >= 15 is 0 Å². The number of fused-ring (bicyclic) bond motifs is 1. The number of nitrogens with one attached hydrogen (secondary N) is 1. The van der Waals surface area contributed by atoms with Gasteiger partial charge in [-0.05, 0) is 43.8 Å². The average Bonchev–Trinajstić information content (AvgIpc) is 2.96. The van der Waals surface area contributed by atoms with Gasteiger partial charge in [0.1, 0.15) is 5.75 Å². The molecular weight excluding hydrogens is 230 g/mol. The van der Waals surface area contributed by atoms with E-state index in [-0.39, 0.29) is 5.54 Å². The van der Waals surface area contributed by atoms with Gasteiger partial charge in [0.05, 0.1) is 7.11 Å². The molecule has 0 saturated carbocycles. The lowest BCUT2D eigenvalue weighted by atomic mass is 9.89. The molecule has 0 bridgehead atoms. The molecule has 2 nitrogen and oxygen atoms in total. The summed E-state index contributed by atoms with van der Waals surface area (Å²) >= 11 is 1.77. The lowest BCUT2D eigenvalue weighted by molar-refractivity contribution is 0.375. The van der Waals surface area contributed by atoms with Crippen LogP contribution in [0.25, 0.3) is 10.1 Å². The van der Waals surface area contributed by atoms with Crippen molar-refractivity contribution in [3.8, 4) is 5.75 Å². The minimum absolute atomic E-state index is 0.0709. The molecular formula is C14H17NOS. The first-order chi connectivity index (χ1) is 8.24. The molecule has 3 rings (SSSR count). The van der Waals surface area contributed by atoms with E-state index in [9.17, 15) is 0 Å². The van der Waals surface area contributed by atoms with Crippen molar-refractivity contribution in [1.29, 1.82) is 0 Å². The van der Waals surface area contributed by atoms with Gasteiger partial charge in [-0.1, -0.05) is 6.07 Å². The fourth-order valence-corrected chi connectivity index (χ4v) is 3.58. The number of hydrogen-bond donors (Lipinski definition) is 1. The Hall–Kier alpha value is -1.06. The van der Waals surface area contributed by atoms with Crippen molar-refractivity contribution in [2.75, 3.05) is 13.7 Å². The molecule has 0 aliphatic carbocycles. The van der Waals surface area contributed by atoms with E-state index in [2.05, 4.69) is 35.8 Å². The minimum atomic E-state index is 0.0709. The van der Waals surface area contributed by atoms with Crippen LogP contribution in [-0.4, -0.2) is 13.7 Å². The Morgan fingerprint density at radius 2 is 2.24 bits per heavy atom. The second kappa shape index (κ2) is 4.00. The molecule has 1 aliphatic rings. The van der Waals surface area contributed by atoms with Gasteiger partial charge < -0.3 is 10.1 Å². The zero-order valence-corrected chi connectivity index (χ0v) is 11.1. The molecule has 1 aromatic heterocycles. The highest BCUT2D eigenvalue weighted by atomic mass is 32.1. The summed E-state index contributed by atoms with van der Waals surface area (Å²) in [5.74, 6) is 1.04. The summed E-state index contributed by atoms with van der Waals surface area (Å²) in [6.45, 7) is 3.37. The smallest absolute Gasteiger partial charge is 0.132 e. The molecule has 90 valence electrons. The van der Waals surface area contributed by atoms with Gasteiger partial charge in [0.25, 0.3) is 0 Å². The molecule has 0 amide bonds. The van der Waals surface area contributed by atoms with Gasteiger partial charge in [-0.25, -0.2) is 0 Å². The van der Waals surface area contributed by atoms with Crippen LogP contribution in [0.3, 0.4) is 0 Å². The highest BCUT2D eigenvalue weighted by Gasteiger charge is 2.33. The van der Waals surface area contributed by atoms with Gasteiger partial charge in [-0.3, -0.25) is 0 Å². The number of methoxy groups -OCH3 is 1. The maximum absolute atomic E-state index is 5.66. The van der Waals surface area contributed by atoms with Crippen molar-refractivity contribution in [3.05, 3.63) is 29.1 Å². The molecule has 1 N–H and O–H groups in total. The Morgan fingerprint density at radius 1 is 1.35 bits per heavy atom. The van der Waals surface area contributed by atoms with Gasteiger partial charge in [0, 0.05) is 21.2 Å². The summed E-state index contributed by atoms with van der Waals surface area (Å²) < 4.78 is 6.96. The lowest BCUT2D eigenvalue weighted by Gasteiger charge is -2.27. The van der Waals surface area contributed by atoms with Crippen molar-refractivity contribution in [2.24, 2.45) is 0 Å². The molecule has 3 heteroatoms. The number of ether oxygens (including phenoxy) is 1. The SMILES string of the molecule is COc1c(C2(C)CCCN2)ccc2sccc12. The predicted octanol–water partition coefficient (Wildman–Crippen LogP) is 3.51. The third-order valence-corrected chi connectivity index (χ3v) is 4.64. The van der Waals surface area contributed by atoms with Gasteiger partial charge in [-0.15, -0.1) is 11.3 Å². The van der Waals surface area contributed by atoms with E-state index in [4.69, 9.17) is 4.74 Å². The third-order valence-electron chi connectivity index (χ3n) is 3.75. The van der Waals surface area contributed by atoms with Crippen LogP contribution in [-0.2, 0) is 5.54 Å². The monoisotopic (exact) mass is 247 g/mol. The Bertz CT molecular complexity index is 540. The molecule has 2 aromatic rings. The van der Waals surface area contributed by atoms with Crippen LogP contribution in [0.4, 0.5) is 0 Å². The predicted molar refractivity (Wildman–Crippen MR) is 73.0 cm³/mol. The number of rotatable bonds is 2. The molecule has 0 radical (unpaired) electrons. The van der Waals surface area contributed by atoms with Crippen molar-refractivity contribution in [2.45, 2.75) is 25.3 Å². The summed E-state index contributed by atoms with van der Waals surface area (Å²) in [6.07, 6.45) is 2.42. The van der Waals surface area contributed by atoms with Crippen LogP contribution in [0.15, 0.2) is 23.6 Å². The van der Waals surface area contributed by atoms with Crippen LogP contribution in [0.2, 0.25) is 0 Å². The van der Waals surface area contributed by atoms with Crippen LogP contribution in [0.5, 0.6) is 5.75 Å². The van der Waals surface area contributed by atoms with E-state index in [0.29, 0.717) is 0 Å². The molecule has 1 saturated heterocycles. The zero-order chi connectivity index (χ0) is 11.9. The number of thiophene rings is 1. The Labute approximate surface area is 106 Å². The Kier molecular flexibility index (Phi) is 2.60. The van der Waals surface area contributed by atoms with E-state index in [0.717, 1.165) is 12.3 Å². The first kappa shape index (κ1) is 11.1. The number of hydrogen-bond acceptors (Lipinski definition) is 3. The second-order valence-corrected chi connectivity index (χ2v) is 5.79. The fraction of sp³-hybridized carbons (Fsp3) is 0.429. The molecule has 1 atom stereocenters. The first-order valence-corrected chi connectivity index (χ1v) is 6.92. The minimum Gasteiger partial charge on any atom is -0.496 e. The standard InChI is InChI=1S/C14H17NOS/c1-14(7-3-8-15-14)11-4-5-12-10(6-9-17-12)13(11)16-2/h4-6,9,15H,3,7-8H2,1-2H3. The first-order valence-electron chi connectivity index (χ1n) is 6.04. The van der Waals surface area contributed by atoms with E-state index in [1.807, 2.05) is 0 Å². The fourth-order valence-electron chi connectivity index (χ4n) is 2.80. The molecule has 1 aliphatic heterocycles. The summed E-state index contributed by atoms with van der Waals surface area (Å²) in [4.78, 5) is 0. The molecule has 0 spiro atoms. The van der Waals surface area contributed by atoms with Crippen molar-refractivity contribution in [1.82, 2.24) is 5.32 Å². The summed E-state index contributed by atoms with van der Waals surface area (Å²) in [7, 11) is 1.77. The van der Waals surface area contributed by atoms with Crippen LogP contribution in [0, 0.1) is 0 Å². The van der Waals surface area contributed by atoms with Gasteiger partial charge in [0.2, 0.25) is 0 Å². The number of benzene rings is 1. The molecule has 17 heavy (non-hydrogen) atoms. The summed E-state index contributed by atoms with van der Waals surface area (Å²) in [5, 5.41) is 6.97. The topological polar surface area (TPSA) is 21.3 Å². The molecule has 1 unspecified atom stereocenters. The second-order valence-electron chi connectivity index (χ2n) is 4.84. The highest BCUT2D eigenvalue weighted by Crippen LogP contribution is 2.41. The van der Waals surface area contributed by atoms with Gasteiger partial charge >= 0.3 is 0 Å². The zero-order valence-electron chi connectivity index (χ0n) is 10.2.